The van der Waals surface area contributed by atoms with Crippen LogP contribution in [0.3, 0.4) is 0 Å². The van der Waals surface area contributed by atoms with Crippen LogP contribution in [0.25, 0.3) is 0 Å². The second-order valence-electron chi connectivity index (χ2n) is 4.24. The Kier molecular flexibility index (Phi) is 3.88. The van der Waals surface area contributed by atoms with E-state index in [0.29, 0.717) is 11.6 Å². The monoisotopic (exact) mass is 282 g/mol. The van der Waals surface area contributed by atoms with E-state index >= 15 is 0 Å². The van der Waals surface area contributed by atoms with Crippen molar-refractivity contribution in [3.63, 3.8) is 0 Å². The van der Waals surface area contributed by atoms with Crippen molar-refractivity contribution in [2.75, 3.05) is 6.26 Å². The quantitative estimate of drug-likeness (QED) is 0.867. The van der Waals surface area contributed by atoms with E-state index in [-0.39, 0.29) is 0 Å². The number of imidazole rings is 1. The van der Waals surface area contributed by atoms with Crippen LogP contribution >= 0.6 is 11.6 Å². The first-order valence-electron chi connectivity index (χ1n) is 5.59. The summed E-state index contributed by atoms with van der Waals surface area (Å²) in [6, 6.07) is 5.56. The molecule has 0 aliphatic rings. The summed E-state index contributed by atoms with van der Waals surface area (Å²) in [6.45, 7) is 4.67. The highest BCUT2D eigenvalue weighted by atomic mass is 35.5. The molecule has 2 aromatic rings. The molecule has 0 aliphatic heterocycles. The maximum atomic E-state index is 11.4. The smallest absolute Gasteiger partial charge is 0.106 e. The molecule has 18 heavy (non-hydrogen) atoms. The minimum absolute atomic E-state index is 0.648. The molecular weight excluding hydrogens is 268 g/mol. The lowest BCUT2D eigenvalue weighted by Gasteiger charge is -2.10. The molecule has 0 bridgehead atoms. The molecular formula is C13H15ClN2OS. The van der Waals surface area contributed by atoms with E-state index < -0.39 is 10.8 Å². The summed E-state index contributed by atoms with van der Waals surface area (Å²) in [6.07, 6.45) is 3.49. The molecule has 0 spiro atoms. The van der Waals surface area contributed by atoms with Crippen molar-refractivity contribution < 1.29 is 4.21 Å². The van der Waals surface area contributed by atoms with Crippen LogP contribution in [-0.4, -0.2) is 20.0 Å². The third kappa shape index (κ3) is 2.65. The Bertz CT molecular complexity index is 588. The second-order valence-corrected chi connectivity index (χ2v) is 6.03. The Morgan fingerprint density at radius 1 is 1.39 bits per heavy atom. The van der Waals surface area contributed by atoms with Crippen LogP contribution in [0.5, 0.6) is 0 Å². The zero-order valence-corrected chi connectivity index (χ0v) is 12.2. The van der Waals surface area contributed by atoms with Gasteiger partial charge in [-0.15, -0.1) is 0 Å². The summed E-state index contributed by atoms with van der Waals surface area (Å²) < 4.78 is 13.5. The first-order valence-corrected chi connectivity index (χ1v) is 7.53. The Balaban J connectivity index is 2.33. The maximum absolute atomic E-state index is 11.4. The van der Waals surface area contributed by atoms with Gasteiger partial charge >= 0.3 is 0 Å². The Morgan fingerprint density at radius 2 is 2.11 bits per heavy atom. The first kappa shape index (κ1) is 13.3. The highest BCUT2D eigenvalue weighted by Gasteiger charge is 2.08. The average molecular weight is 283 g/mol. The zero-order chi connectivity index (χ0) is 13.3. The van der Waals surface area contributed by atoms with Gasteiger partial charge in [-0.25, -0.2) is 4.98 Å². The SMILES string of the molecule is Cc1cnc(C)n1Cc1ccc(S(C)=O)cc1Cl. The third-order valence-corrected chi connectivity index (χ3v) is 4.21. The zero-order valence-electron chi connectivity index (χ0n) is 10.6. The Labute approximate surface area is 114 Å². The van der Waals surface area contributed by atoms with Crippen LogP contribution < -0.4 is 0 Å². The summed E-state index contributed by atoms with van der Waals surface area (Å²) in [5, 5.41) is 0.648. The highest BCUT2D eigenvalue weighted by molar-refractivity contribution is 7.84. The molecule has 0 N–H and O–H groups in total. The Morgan fingerprint density at radius 3 is 2.61 bits per heavy atom. The van der Waals surface area contributed by atoms with E-state index in [1.165, 1.54) is 0 Å². The van der Waals surface area contributed by atoms with Gasteiger partial charge in [0.1, 0.15) is 5.82 Å². The Hall–Kier alpha value is -1.13. The average Bonchev–Trinajstić information content (AvgIpc) is 2.63. The number of hydrogen-bond donors (Lipinski definition) is 0. The van der Waals surface area contributed by atoms with E-state index in [2.05, 4.69) is 9.55 Å². The summed E-state index contributed by atoms with van der Waals surface area (Å²) in [7, 11) is -0.999. The van der Waals surface area contributed by atoms with Crippen LogP contribution in [0, 0.1) is 13.8 Å². The van der Waals surface area contributed by atoms with Crippen LogP contribution in [-0.2, 0) is 17.3 Å². The van der Waals surface area contributed by atoms with Crippen molar-refractivity contribution in [2.24, 2.45) is 0 Å². The third-order valence-electron chi connectivity index (χ3n) is 2.94. The fraction of sp³-hybridized carbons (Fsp3) is 0.308. The molecule has 5 heteroatoms. The molecule has 1 aromatic heterocycles. The number of aromatic nitrogens is 2. The number of nitrogens with zero attached hydrogens (tertiary/aromatic N) is 2. The predicted octanol–water partition coefficient (Wildman–Crippen LogP) is 2.94. The number of rotatable bonds is 3. The molecule has 0 aliphatic carbocycles. The van der Waals surface area contributed by atoms with E-state index in [4.69, 9.17) is 11.6 Å². The van der Waals surface area contributed by atoms with Gasteiger partial charge < -0.3 is 4.57 Å². The topological polar surface area (TPSA) is 34.9 Å². The minimum Gasteiger partial charge on any atom is -0.328 e. The van der Waals surface area contributed by atoms with Crippen molar-refractivity contribution >= 4 is 22.4 Å². The van der Waals surface area contributed by atoms with E-state index in [1.807, 2.05) is 32.2 Å². The van der Waals surface area contributed by atoms with Crippen LogP contribution in [0.1, 0.15) is 17.1 Å². The molecule has 1 heterocycles. The molecule has 96 valence electrons. The first-order chi connectivity index (χ1) is 8.49. The van der Waals surface area contributed by atoms with Gasteiger partial charge in [-0.3, -0.25) is 4.21 Å². The van der Waals surface area contributed by atoms with Gasteiger partial charge in [0, 0.05) is 38.9 Å². The van der Waals surface area contributed by atoms with Gasteiger partial charge in [-0.1, -0.05) is 17.7 Å². The largest absolute Gasteiger partial charge is 0.328 e. The normalized spacial score (nSPS) is 12.7. The molecule has 3 nitrogen and oxygen atoms in total. The number of aryl methyl sites for hydroxylation is 2. The molecule has 0 amide bonds. The van der Waals surface area contributed by atoms with Crippen LogP contribution in [0.4, 0.5) is 0 Å². The van der Waals surface area contributed by atoms with Gasteiger partial charge in [0.2, 0.25) is 0 Å². The molecule has 0 saturated carbocycles. The van der Waals surface area contributed by atoms with Gasteiger partial charge in [-0.2, -0.15) is 0 Å². The van der Waals surface area contributed by atoms with Crippen molar-refractivity contribution in [1.29, 1.82) is 0 Å². The maximum Gasteiger partial charge on any atom is 0.106 e. The molecule has 2 rings (SSSR count). The standard InChI is InChI=1S/C13H15ClN2OS/c1-9-7-15-10(2)16(9)8-11-4-5-12(18(3)17)6-13(11)14/h4-7H,8H2,1-3H3. The molecule has 1 unspecified atom stereocenters. The van der Waals surface area contributed by atoms with Gasteiger partial charge in [0.05, 0.1) is 6.54 Å². The van der Waals surface area contributed by atoms with Gasteiger partial charge in [-0.05, 0) is 31.5 Å². The molecule has 1 aromatic carbocycles. The lowest BCUT2D eigenvalue weighted by Crippen LogP contribution is -2.05. The highest BCUT2D eigenvalue weighted by Crippen LogP contribution is 2.21. The van der Waals surface area contributed by atoms with Gasteiger partial charge in [0.25, 0.3) is 0 Å². The summed E-state index contributed by atoms with van der Waals surface area (Å²) in [5.41, 5.74) is 2.11. The van der Waals surface area contributed by atoms with Gasteiger partial charge in [0.15, 0.2) is 0 Å². The fourth-order valence-corrected chi connectivity index (χ4v) is 2.67. The van der Waals surface area contributed by atoms with Crippen molar-refractivity contribution in [3.05, 3.63) is 46.5 Å². The second kappa shape index (κ2) is 5.24. The summed E-state index contributed by atoms with van der Waals surface area (Å²) in [4.78, 5) is 5.01. The van der Waals surface area contributed by atoms with E-state index in [0.717, 1.165) is 22.0 Å². The van der Waals surface area contributed by atoms with Crippen molar-refractivity contribution in [2.45, 2.75) is 25.3 Å². The van der Waals surface area contributed by atoms with Crippen molar-refractivity contribution in [1.82, 2.24) is 9.55 Å². The molecule has 0 fully saturated rings. The van der Waals surface area contributed by atoms with Crippen LogP contribution in [0.2, 0.25) is 5.02 Å². The lowest BCUT2D eigenvalue weighted by molar-refractivity contribution is 0.686. The minimum atomic E-state index is -0.999. The lowest BCUT2D eigenvalue weighted by atomic mass is 10.2. The summed E-state index contributed by atoms with van der Waals surface area (Å²) in [5.74, 6) is 0.965. The summed E-state index contributed by atoms with van der Waals surface area (Å²) >= 11 is 6.23. The van der Waals surface area contributed by atoms with E-state index in [1.54, 1.807) is 12.3 Å². The number of hydrogen-bond acceptors (Lipinski definition) is 2. The number of halogens is 1. The van der Waals surface area contributed by atoms with Crippen LogP contribution in [0.15, 0.2) is 29.3 Å². The fourth-order valence-electron chi connectivity index (χ4n) is 1.83. The number of benzene rings is 1. The molecule has 0 saturated heterocycles. The molecule has 0 radical (unpaired) electrons. The molecule has 1 atom stereocenters. The van der Waals surface area contributed by atoms with Crippen molar-refractivity contribution in [3.8, 4) is 0 Å². The van der Waals surface area contributed by atoms with E-state index in [9.17, 15) is 4.21 Å². The predicted molar refractivity (Wildman–Crippen MR) is 74.6 cm³/mol.